The molecule has 0 saturated heterocycles. The summed E-state index contributed by atoms with van der Waals surface area (Å²) >= 11 is 0. The van der Waals surface area contributed by atoms with Crippen molar-refractivity contribution in [3.05, 3.63) is 127 Å². The number of fused-ring (bicyclic) bond motifs is 9. The van der Waals surface area contributed by atoms with Gasteiger partial charge >= 0.3 is 6.18 Å². The van der Waals surface area contributed by atoms with Crippen molar-refractivity contribution in [1.29, 1.82) is 0 Å². The Morgan fingerprint density at radius 1 is 0.733 bits per heavy atom. The second kappa shape index (κ2) is 16.7. The summed E-state index contributed by atoms with van der Waals surface area (Å²) in [6.45, 7) is 10.6. The van der Waals surface area contributed by atoms with Crippen molar-refractivity contribution < 1.29 is 43.2 Å². The Morgan fingerprint density at radius 2 is 1.43 bits per heavy atom. The van der Waals surface area contributed by atoms with E-state index in [9.17, 15) is 23.1 Å². The van der Waals surface area contributed by atoms with E-state index in [2.05, 4.69) is 69.5 Å². The van der Waals surface area contributed by atoms with Crippen LogP contribution in [0.1, 0.15) is 72.8 Å². The fourth-order valence-corrected chi connectivity index (χ4v) is 8.80. The first kappa shape index (κ1) is 42.9. The molecule has 0 atom stereocenters. The molecule has 1 radical (unpaired) electrons. The molecule has 0 aliphatic carbocycles. The number of benzene rings is 5. The van der Waals surface area contributed by atoms with Crippen LogP contribution in [0.4, 0.5) is 13.2 Å². The Labute approximate surface area is 361 Å². The van der Waals surface area contributed by atoms with Gasteiger partial charge < -0.3 is 13.9 Å². The van der Waals surface area contributed by atoms with E-state index in [1.54, 1.807) is 0 Å². The van der Waals surface area contributed by atoms with Gasteiger partial charge in [-0.05, 0) is 77.9 Å². The first-order valence-corrected chi connectivity index (χ1v) is 20.7. The summed E-state index contributed by atoms with van der Waals surface area (Å²) in [6.07, 6.45) is 2.33. The minimum absolute atomic E-state index is 0. The van der Waals surface area contributed by atoms with E-state index < -0.39 is 11.6 Å². The van der Waals surface area contributed by atoms with Crippen molar-refractivity contribution in [1.82, 2.24) is 13.8 Å². The van der Waals surface area contributed by atoms with Gasteiger partial charge in [0, 0.05) is 55.0 Å². The van der Waals surface area contributed by atoms with Crippen LogP contribution < -0.4 is 0 Å². The number of pyridine rings is 1. The standard InChI is InChI=1S/C38H25F3N3.C13H24O2.Ir/c1-37(2,38(39,40)41)21-22-11-14-27-29-15-16-42-36-35(29)43(32(27)17-22)31-10-6-9-28-30-19-26-18-24(23-7-4-3-5-8-23)12-13-25(26)20-33(30)44(36)34(28)31;1-5-10(6-2)12(14)9-13(15)11(7-3)8-4;/h3-19H,21H2,1-2H3;9-11,14H,5-8H2,1-4H3;/q-1;;/b;12-9-;. The van der Waals surface area contributed by atoms with Crippen LogP contribution in [0.3, 0.4) is 0 Å². The molecule has 0 spiro atoms. The van der Waals surface area contributed by atoms with Gasteiger partial charge in [-0.25, -0.2) is 4.98 Å². The zero-order valence-electron chi connectivity index (χ0n) is 34.7. The number of aromatic nitrogens is 3. The monoisotopic (exact) mass is 985 g/mol. The van der Waals surface area contributed by atoms with Gasteiger partial charge in [-0.1, -0.05) is 114 Å². The molecule has 9 rings (SSSR count). The predicted molar refractivity (Wildman–Crippen MR) is 237 cm³/mol. The molecule has 311 valence electrons. The number of para-hydroxylation sites is 1. The molecule has 0 fully saturated rings. The maximum absolute atomic E-state index is 13.8. The average molecular weight is 985 g/mol. The van der Waals surface area contributed by atoms with Gasteiger partial charge in [0.1, 0.15) is 0 Å². The molecule has 9 aromatic rings. The number of alkyl halides is 3. The summed E-state index contributed by atoms with van der Waals surface area (Å²) in [5.41, 5.74) is 6.71. The molecule has 0 amide bonds. The Balaban J connectivity index is 0.000000294. The van der Waals surface area contributed by atoms with Crippen LogP contribution in [-0.2, 0) is 31.3 Å². The fourth-order valence-electron chi connectivity index (χ4n) is 8.80. The van der Waals surface area contributed by atoms with Gasteiger partial charge in [0.15, 0.2) is 11.4 Å². The number of aliphatic hydroxyl groups is 1. The van der Waals surface area contributed by atoms with Gasteiger partial charge in [0.2, 0.25) is 0 Å². The van der Waals surface area contributed by atoms with Gasteiger partial charge in [0.05, 0.1) is 33.2 Å². The molecular weight excluding hydrogens is 936 g/mol. The van der Waals surface area contributed by atoms with E-state index in [4.69, 9.17) is 4.98 Å². The number of hydrogen-bond acceptors (Lipinski definition) is 3. The molecule has 4 aromatic heterocycles. The Hall–Kier alpha value is -5.24. The van der Waals surface area contributed by atoms with E-state index in [-0.39, 0.29) is 49.9 Å². The summed E-state index contributed by atoms with van der Waals surface area (Å²) in [5.74, 6) is 0.547. The Bertz CT molecular complexity index is 3030. The SMILES string of the molecule is CC(C)(Cc1ccc2c3ccnc4c3n(c2c1)c1cccc2c3cc5cc(-c6ccccc6)ccc5[c-]c3n4c21)C(F)(F)F.CCC(CC)C(=O)/C=C(\O)C(CC)CC.[Ir]. The van der Waals surface area contributed by atoms with Crippen molar-refractivity contribution in [2.24, 2.45) is 17.3 Å². The number of nitrogens with zero attached hydrogens (tertiary/aromatic N) is 3. The molecule has 0 unspecified atom stereocenters. The zero-order valence-corrected chi connectivity index (χ0v) is 37.1. The maximum atomic E-state index is 13.8. The third-order valence-corrected chi connectivity index (χ3v) is 12.4. The molecule has 9 heteroatoms. The minimum Gasteiger partial charge on any atom is -0.512 e. The maximum Gasteiger partial charge on any atom is 0.394 e. The van der Waals surface area contributed by atoms with E-state index in [1.165, 1.54) is 19.9 Å². The average Bonchev–Trinajstić information content (AvgIpc) is 3.73. The topological polar surface area (TPSA) is 59.0 Å². The van der Waals surface area contributed by atoms with Crippen molar-refractivity contribution in [3.8, 4) is 11.1 Å². The first-order valence-electron chi connectivity index (χ1n) is 20.7. The summed E-state index contributed by atoms with van der Waals surface area (Å²) in [4.78, 5) is 16.6. The largest absolute Gasteiger partial charge is 0.512 e. The van der Waals surface area contributed by atoms with Gasteiger partial charge in [-0.3, -0.25) is 4.79 Å². The first-order chi connectivity index (χ1) is 28.3. The Kier molecular flexibility index (Phi) is 11.9. The van der Waals surface area contributed by atoms with Gasteiger partial charge in [0.25, 0.3) is 0 Å². The summed E-state index contributed by atoms with van der Waals surface area (Å²) < 4.78 is 45.9. The molecule has 1 N–H and O–H groups in total. The molecule has 4 heterocycles. The van der Waals surface area contributed by atoms with Gasteiger partial charge in [-0.15, -0.1) is 29.0 Å². The quantitative estimate of drug-likeness (QED) is 0.0643. The number of rotatable bonds is 10. The Morgan fingerprint density at radius 3 is 2.12 bits per heavy atom. The van der Waals surface area contributed by atoms with Crippen molar-refractivity contribution in [2.75, 3.05) is 0 Å². The van der Waals surface area contributed by atoms with Crippen LogP contribution in [0.2, 0.25) is 0 Å². The van der Waals surface area contributed by atoms with Gasteiger partial charge in [-0.2, -0.15) is 13.2 Å². The van der Waals surface area contributed by atoms with E-state index in [0.717, 1.165) is 102 Å². The summed E-state index contributed by atoms with van der Waals surface area (Å²) in [5, 5.41) is 16.1. The zero-order chi connectivity index (χ0) is 41.8. The van der Waals surface area contributed by atoms with Crippen LogP contribution >= 0.6 is 0 Å². The van der Waals surface area contributed by atoms with Crippen LogP contribution in [-0.4, -0.2) is 30.9 Å². The molecule has 60 heavy (non-hydrogen) atoms. The normalized spacial score (nSPS) is 12.8. The minimum atomic E-state index is -4.30. The predicted octanol–water partition coefficient (Wildman–Crippen LogP) is 14.3. The number of allylic oxidation sites excluding steroid dienone is 2. The van der Waals surface area contributed by atoms with Crippen molar-refractivity contribution in [3.63, 3.8) is 0 Å². The molecule has 0 bridgehead atoms. The second-order valence-electron chi connectivity index (χ2n) is 16.5. The summed E-state index contributed by atoms with van der Waals surface area (Å²) in [7, 11) is 0. The number of halogens is 3. The number of carbonyl (C=O) groups excluding carboxylic acids is 1. The number of carbonyl (C=O) groups is 1. The molecule has 5 aromatic carbocycles. The van der Waals surface area contributed by atoms with Crippen molar-refractivity contribution in [2.45, 2.75) is 79.8 Å². The molecular formula is C51H49F3IrN3O2-. The number of ketones is 1. The van der Waals surface area contributed by atoms with Crippen LogP contribution in [0.5, 0.6) is 0 Å². The third kappa shape index (κ3) is 7.34. The van der Waals surface area contributed by atoms with Crippen LogP contribution in [0.25, 0.3) is 76.7 Å². The van der Waals surface area contributed by atoms with E-state index in [1.807, 2.05) is 76.4 Å². The van der Waals surface area contributed by atoms with E-state index in [0.29, 0.717) is 5.56 Å². The number of aliphatic hydroxyl groups excluding tert-OH is 1. The smallest absolute Gasteiger partial charge is 0.394 e. The fraction of sp³-hybridized carbons (Fsp3) is 0.294. The van der Waals surface area contributed by atoms with Crippen LogP contribution in [0, 0.1) is 23.3 Å². The molecule has 5 nitrogen and oxygen atoms in total. The van der Waals surface area contributed by atoms with Crippen molar-refractivity contribution >= 4 is 71.3 Å². The third-order valence-electron chi connectivity index (χ3n) is 12.4. The second-order valence-corrected chi connectivity index (χ2v) is 16.5. The molecule has 0 aliphatic rings. The molecule has 0 aliphatic heterocycles. The van der Waals surface area contributed by atoms with E-state index >= 15 is 0 Å². The molecule has 0 saturated carbocycles. The van der Waals surface area contributed by atoms with Crippen LogP contribution in [0.15, 0.2) is 115 Å². The summed E-state index contributed by atoms with van der Waals surface area (Å²) in [6, 6.07) is 36.8. The number of hydrogen-bond donors (Lipinski definition) is 1.